The summed E-state index contributed by atoms with van der Waals surface area (Å²) in [5.74, 6) is 0. The summed E-state index contributed by atoms with van der Waals surface area (Å²) >= 11 is 1.75. The van der Waals surface area contributed by atoms with Gasteiger partial charge in [-0.2, -0.15) is 0 Å². The zero-order valence-corrected chi connectivity index (χ0v) is 6.96. The molecule has 1 rings (SSSR count). The smallest absolute Gasteiger partial charge is 0.105 e. The van der Waals surface area contributed by atoms with Crippen LogP contribution in [0.2, 0.25) is 0 Å². The summed E-state index contributed by atoms with van der Waals surface area (Å²) in [4.78, 5) is 3.16. The Kier molecular flexibility index (Phi) is 1.48. The average Bonchev–Trinajstić information content (AvgIpc) is 2.14. The van der Waals surface area contributed by atoms with Crippen LogP contribution in [0.3, 0.4) is 0 Å². The molecule has 0 radical (unpaired) electrons. The summed E-state index contributed by atoms with van der Waals surface area (Å²) in [6, 6.07) is 4.13. The maximum atomic E-state index is 3.16. The van der Waals surface area contributed by atoms with Crippen LogP contribution in [0.4, 0.5) is 5.00 Å². The van der Waals surface area contributed by atoms with Gasteiger partial charge in [-0.05, 0) is 17.5 Å². The van der Waals surface area contributed by atoms with E-state index in [-0.39, 0.29) is 0 Å². The number of thiophene rings is 1. The van der Waals surface area contributed by atoms with Crippen molar-refractivity contribution in [2.45, 2.75) is 0 Å². The van der Waals surface area contributed by atoms with E-state index in [9.17, 15) is 0 Å². The lowest BCUT2D eigenvalue weighted by Gasteiger charge is -1.86. The van der Waals surface area contributed by atoms with Crippen molar-refractivity contribution in [3.05, 3.63) is 17.5 Å². The molecule has 0 fully saturated rings. The van der Waals surface area contributed by atoms with Gasteiger partial charge in [0.05, 0.1) is 5.00 Å². The van der Waals surface area contributed by atoms with Crippen LogP contribution in [0.1, 0.15) is 0 Å². The van der Waals surface area contributed by atoms with Gasteiger partial charge in [0, 0.05) is 0 Å². The van der Waals surface area contributed by atoms with E-state index in [1.165, 1.54) is 5.00 Å². The lowest BCUT2D eigenvalue weighted by molar-refractivity contribution is 1.92. The van der Waals surface area contributed by atoms with Crippen LogP contribution in [-0.4, -0.2) is 10.4 Å². The quantitative estimate of drug-likeness (QED) is 0.543. The van der Waals surface area contributed by atoms with Crippen molar-refractivity contribution >= 4 is 26.7 Å². The van der Waals surface area contributed by atoms with E-state index in [2.05, 4.69) is 16.4 Å². The minimum atomic E-state index is 1.05. The molecule has 3 heteroatoms. The molecule has 0 amide bonds. The summed E-state index contributed by atoms with van der Waals surface area (Å²) in [5, 5.41) is 3.35. The summed E-state index contributed by atoms with van der Waals surface area (Å²) in [6.07, 6.45) is 0. The SMILES string of the molecule is [SiH3]Nc1cccs1. The number of hydrogen-bond acceptors (Lipinski definition) is 2. The lowest BCUT2D eigenvalue weighted by Crippen LogP contribution is -1.83. The van der Waals surface area contributed by atoms with Gasteiger partial charge in [0.1, 0.15) is 10.4 Å². The largest absolute Gasteiger partial charge is 0.411 e. The maximum Gasteiger partial charge on any atom is 0.105 e. The van der Waals surface area contributed by atoms with Gasteiger partial charge in [0.2, 0.25) is 0 Å². The molecule has 0 aromatic carbocycles. The number of rotatable bonds is 1. The molecule has 0 unspecified atom stereocenters. The van der Waals surface area contributed by atoms with E-state index in [1.54, 1.807) is 11.3 Å². The van der Waals surface area contributed by atoms with Crippen LogP contribution in [0.5, 0.6) is 0 Å². The molecule has 0 saturated heterocycles. The first kappa shape index (κ1) is 4.87. The molecule has 1 aromatic rings. The van der Waals surface area contributed by atoms with Crippen molar-refractivity contribution < 1.29 is 0 Å². The van der Waals surface area contributed by atoms with Gasteiger partial charge < -0.3 is 4.98 Å². The molecule has 1 N–H and O–H groups in total. The highest BCUT2D eigenvalue weighted by atomic mass is 32.1. The third kappa shape index (κ3) is 1.04. The Balaban J connectivity index is 2.76. The monoisotopic (exact) mass is 129 g/mol. The fourth-order valence-corrected chi connectivity index (χ4v) is 1.52. The second kappa shape index (κ2) is 2.14. The molecule has 0 aliphatic heterocycles. The molecule has 1 heterocycles. The fourth-order valence-electron chi connectivity index (χ4n) is 0.421. The topological polar surface area (TPSA) is 12.0 Å². The van der Waals surface area contributed by atoms with Gasteiger partial charge in [-0.1, -0.05) is 0 Å². The predicted octanol–water partition coefficient (Wildman–Crippen LogP) is 0.440. The zero-order valence-electron chi connectivity index (χ0n) is 4.14. The maximum absolute atomic E-state index is 3.16. The molecule has 0 atom stereocenters. The van der Waals surface area contributed by atoms with Crippen molar-refractivity contribution in [2.75, 3.05) is 4.98 Å². The predicted molar refractivity (Wildman–Crippen MR) is 37.9 cm³/mol. The third-order valence-electron chi connectivity index (χ3n) is 0.768. The van der Waals surface area contributed by atoms with E-state index in [1.807, 2.05) is 6.07 Å². The number of nitrogens with one attached hydrogen (secondary N) is 1. The Morgan fingerprint density at radius 2 is 2.57 bits per heavy atom. The van der Waals surface area contributed by atoms with Crippen molar-refractivity contribution in [1.82, 2.24) is 0 Å². The molecule has 1 aromatic heterocycles. The van der Waals surface area contributed by atoms with Crippen molar-refractivity contribution in [1.29, 1.82) is 0 Å². The molecule has 0 saturated carbocycles. The van der Waals surface area contributed by atoms with Crippen LogP contribution in [-0.2, 0) is 0 Å². The standard InChI is InChI=1S/C4H7NSSi/c7-5-4-2-1-3-6-4/h1-3,5H,7H3. The first-order chi connectivity index (χ1) is 3.43. The summed E-state index contributed by atoms with van der Waals surface area (Å²) in [7, 11) is 1.05. The Morgan fingerprint density at radius 1 is 1.71 bits per heavy atom. The van der Waals surface area contributed by atoms with Crippen LogP contribution in [0.25, 0.3) is 0 Å². The third-order valence-corrected chi connectivity index (χ3v) is 2.56. The van der Waals surface area contributed by atoms with E-state index in [0.717, 1.165) is 10.4 Å². The van der Waals surface area contributed by atoms with E-state index in [0.29, 0.717) is 0 Å². The molecule has 0 aliphatic rings. The van der Waals surface area contributed by atoms with E-state index < -0.39 is 0 Å². The van der Waals surface area contributed by atoms with Crippen LogP contribution in [0, 0.1) is 0 Å². The molecule has 0 bridgehead atoms. The molecular weight excluding hydrogens is 122 g/mol. The van der Waals surface area contributed by atoms with Gasteiger partial charge in [-0.3, -0.25) is 0 Å². The lowest BCUT2D eigenvalue weighted by atomic mass is 10.6. The van der Waals surface area contributed by atoms with Gasteiger partial charge in [-0.15, -0.1) is 11.3 Å². The van der Waals surface area contributed by atoms with Crippen LogP contribution in [0.15, 0.2) is 17.5 Å². The van der Waals surface area contributed by atoms with Gasteiger partial charge >= 0.3 is 0 Å². The highest BCUT2D eigenvalue weighted by molar-refractivity contribution is 7.14. The van der Waals surface area contributed by atoms with E-state index in [4.69, 9.17) is 0 Å². The highest BCUT2D eigenvalue weighted by Gasteiger charge is 1.80. The van der Waals surface area contributed by atoms with Gasteiger partial charge in [0.15, 0.2) is 0 Å². The minimum Gasteiger partial charge on any atom is -0.411 e. The zero-order chi connectivity index (χ0) is 5.11. The Hall–Kier alpha value is -0.283. The summed E-state index contributed by atoms with van der Waals surface area (Å²) in [5.41, 5.74) is 0. The molecule has 0 spiro atoms. The molecule has 38 valence electrons. The molecule has 7 heavy (non-hydrogen) atoms. The molecule has 1 nitrogen and oxygen atoms in total. The van der Waals surface area contributed by atoms with Gasteiger partial charge in [0.25, 0.3) is 0 Å². The highest BCUT2D eigenvalue weighted by Crippen LogP contribution is 2.12. The Bertz CT molecular complexity index is 126. The summed E-state index contributed by atoms with van der Waals surface area (Å²) in [6.45, 7) is 0. The second-order valence-electron chi connectivity index (χ2n) is 1.23. The fraction of sp³-hybridized carbons (Fsp3) is 0. The molecule has 0 aliphatic carbocycles. The number of anilines is 1. The normalized spacial score (nSPS) is 9.14. The minimum absolute atomic E-state index is 1.05. The first-order valence-electron chi connectivity index (χ1n) is 2.15. The Labute approximate surface area is 49.9 Å². The first-order valence-corrected chi connectivity index (χ1v) is 4.02. The van der Waals surface area contributed by atoms with E-state index >= 15 is 0 Å². The van der Waals surface area contributed by atoms with Crippen LogP contribution < -0.4 is 4.98 Å². The Morgan fingerprint density at radius 3 is 2.86 bits per heavy atom. The second-order valence-corrected chi connectivity index (χ2v) is 2.67. The average molecular weight is 129 g/mol. The van der Waals surface area contributed by atoms with Crippen molar-refractivity contribution in [3.63, 3.8) is 0 Å². The summed E-state index contributed by atoms with van der Waals surface area (Å²) < 4.78 is 0. The van der Waals surface area contributed by atoms with Crippen molar-refractivity contribution in [3.8, 4) is 0 Å². The van der Waals surface area contributed by atoms with Crippen molar-refractivity contribution in [2.24, 2.45) is 0 Å². The van der Waals surface area contributed by atoms with Crippen LogP contribution >= 0.6 is 11.3 Å². The number of hydrogen-bond donors (Lipinski definition) is 1. The molecular formula is C4H7NSSi. The van der Waals surface area contributed by atoms with Gasteiger partial charge in [-0.25, -0.2) is 0 Å².